The molecule has 1 N–H and O–H groups in total. The van der Waals surface area contributed by atoms with E-state index in [9.17, 15) is 14.4 Å². The highest BCUT2D eigenvalue weighted by Crippen LogP contribution is 2.40. The number of hydrogen-bond donors (Lipinski definition) is 1. The fourth-order valence-electron chi connectivity index (χ4n) is 4.75. The predicted octanol–water partition coefficient (Wildman–Crippen LogP) is 5.48. The number of rotatable bonds is 8. The lowest BCUT2D eigenvalue weighted by atomic mass is 10.1. The third-order valence-corrected chi connectivity index (χ3v) is 9.00. The van der Waals surface area contributed by atoms with Crippen molar-refractivity contribution in [2.75, 3.05) is 24.2 Å². The maximum atomic E-state index is 13.1. The summed E-state index contributed by atoms with van der Waals surface area (Å²) in [7, 11) is 0. The van der Waals surface area contributed by atoms with Gasteiger partial charge in [-0.15, -0.1) is 23.1 Å². The van der Waals surface area contributed by atoms with Gasteiger partial charge in [0.1, 0.15) is 10.4 Å². The number of nitrogens with one attached hydrogen (secondary N) is 1. The number of ether oxygens (including phenoxy) is 1. The summed E-state index contributed by atoms with van der Waals surface area (Å²) in [6.45, 7) is 2.73. The molecule has 1 aromatic heterocycles. The van der Waals surface area contributed by atoms with Crippen LogP contribution in [-0.2, 0) is 28.8 Å². The van der Waals surface area contributed by atoms with Crippen LogP contribution in [-0.4, -0.2) is 41.6 Å². The van der Waals surface area contributed by atoms with Gasteiger partial charge in [0.05, 0.1) is 17.9 Å². The highest BCUT2D eigenvalue weighted by Gasteiger charge is 2.33. The number of carbonyl (C=O) groups is 3. The number of nitrogens with zero attached hydrogens (tertiary/aromatic N) is 1. The number of aryl methyl sites for hydroxylation is 1. The van der Waals surface area contributed by atoms with Gasteiger partial charge < -0.3 is 15.0 Å². The number of benzene rings is 2. The average molecular weight is 521 g/mol. The van der Waals surface area contributed by atoms with Gasteiger partial charge in [-0.05, 0) is 61.4 Å². The van der Waals surface area contributed by atoms with Crippen LogP contribution in [0.1, 0.15) is 61.0 Å². The standard InChI is InChI=1S/C28H28N2O4S2/c1-2-34-28(33)24-21-9-6-10-22(21)36-26(24)29-25(32)19-11-13-20(14-12-19)27-30(23(31)17-35-27)16-15-18-7-4-3-5-8-18/h3-5,7-8,11-14,27H,2,6,9-10,15-17H2,1H3,(H,29,32)/t27-/m1/s1. The summed E-state index contributed by atoms with van der Waals surface area (Å²) in [6.07, 6.45) is 3.59. The van der Waals surface area contributed by atoms with E-state index in [0.29, 0.717) is 35.0 Å². The van der Waals surface area contributed by atoms with E-state index < -0.39 is 0 Å². The van der Waals surface area contributed by atoms with Crippen LogP contribution in [0.4, 0.5) is 5.00 Å². The van der Waals surface area contributed by atoms with Gasteiger partial charge in [-0.1, -0.05) is 42.5 Å². The minimum Gasteiger partial charge on any atom is -0.462 e. The Bertz CT molecular complexity index is 1270. The molecule has 1 saturated heterocycles. The number of thioether (sulfide) groups is 1. The van der Waals surface area contributed by atoms with Gasteiger partial charge in [0, 0.05) is 17.0 Å². The Kier molecular flexibility index (Phi) is 7.43. The Hall–Kier alpha value is -3.10. The molecule has 0 spiro atoms. The molecule has 36 heavy (non-hydrogen) atoms. The first kappa shape index (κ1) is 24.6. The molecule has 5 rings (SSSR count). The van der Waals surface area contributed by atoms with E-state index >= 15 is 0 Å². The summed E-state index contributed by atoms with van der Waals surface area (Å²) < 4.78 is 5.26. The fourth-order valence-corrected chi connectivity index (χ4v) is 7.24. The van der Waals surface area contributed by atoms with Crippen molar-refractivity contribution in [1.82, 2.24) is 4.90 Å². The normalized spacial score (nSPS) is 16.8. The van der Waals surface area contributed by atoms with Crippen molar-refractivity contribution >= 4 is 45.9 Å². The molecule has 0 bridgehead atoms. The quantitative estimate of drug-likeness (QED) is 0.398. The van der Waals surface area contributed by atoms with Crippen LogP contribution in [0.3, 0.4) is 0 Å². The molecule has 2 amide bonds. The number of carbonyl (C=O) groups excluding carboxylic acids is 3. The van der Waals surface area contributed by atoms with Crippen molar-refractivity contribution in [3.05, 3.63) is 87.3 Å². The molecule has 1 aliphatic heterocycles. The highest BCUT2D eigenvalue weighted by molar-refractivity contribution is 8.00. The Labute approximate surface area is 219 Å². The van der Waals surface area contributed by atoms with E-state index in [2.05, 4.69) is 17.4 Å². The second-order valence-corrected chi connectivity index (χ2v) is 11.0. The third-order valence-electron chi connectivity index (χ3n) is 6.54. The predicted molar refractivity (Wildman–Crippen MR) is 144 cm³/mol. The first-order valence-electron chi connectivity index (χ1n) is 12.2. The summed E-state index contributed by atoms with van der Waals surface area (Å²) in [4.78, 5) is 41.3. The molecule has 3 aromatic rings. The largest absolute Gasteiger partial charge is 0.462 e. The van der Waals surface area contributed by atoms with Crippen LogP contribution in [0.5, 0.6) is 0 Å². The Morgan fingerprint density at radius 2 is 1.86 bits per heavy atom. The molecule has 0 unspecified atom stereocenters. The summed E-state index contributed by atoms with van der Waals surface area (Å²) in [5.41, 5.74) is 4.23. The Morgan fingerprint density at radius 1 is 1.08 bits per heavy atom. The molecule has 186 valence electrons. The van der Waals surface area contributed by atoms with Crippen LogP contribution >= 0.6 is 23.1 Å². The summed E-state index contributed by atoms with van der Waals surface area (Å²) in [5, 5.41) is 3.45. The summed E-state index contributed by atoms with van der Waals surface area (Å²) in [5.74, 6) is -0.0364. The van der Waals surface area contributed by atoms with Crippen molar-refractivity contribution < 1.29 is 19.1 Å². The minimum absolute atomic E-state index is 0.0611. The van der Waals surface area contributed by atoms with Gasteiger partial charge >= 0.3 is 5.97 Å². The Morgan fingerprint density at radius 3 is 2.61 bits per heavy atom. The SMILES string of the molecule is CCOC(=O)c1c(NC(=O)c2ccc([C@H]3SCC(=O)N3CCc3ccccc3)cc2)sc2c1CCC2. The number of anilines is 1. The second-order valence-electron chi connectivity index (χ2n) is 8.84. The van der Waals surface area contributed by atoms with Crippen LogP contribution in [0, 0.1) is 0 Å². The van der Waals surface area contributed by atoms with Crippen LogP contribution in [0.25, 0.3) is 0 Å². The molecule has 8 heteroatoms. The highest BCUT2D eigenvalue weighted by atomic mass is 32.2. The number of fused-ring (bicyclic) bond motifs is 1. The summed E-state index contributed by atoms with van der Waals surface area (Å²) in [6, 6.07) is 17.6. The molecule has 1 fully saturated rings. The number of esters is 1. The van der Waals surface area contributed by atoms with Gasteiger partial charge in [0.25, 0.3) is 5.91 Å². The third kappa shape index (κ3) is 5.06. The van der Waals surface area contributed by atoms with Crippen molar-refractivity contribution in [1.29, 1.82) is 0 Å². The number of amides is 2. The van der Waals surface area contributed by atoms with Gasteiger partial charge in [-0.3, -0.25) is 9.59 Å². The monoisotopic (exact) mass is 520 g/mol. The van der Waals surface area contributed by atoms with Crippen molar-refractivity contribution in [3.63, 3.8) is 0 Å². The van der Waals surface area contributed by atoms with Crippen molar-refractivity contribution in [3.8, 4) is 0 Å². The molecule has 0 radical (unpaired) electrons. The maximum absolute atomic E-state index is 13.1. The van der Waals surface area contributed by atoms with E-state index in [4.69, 9.17) is 4.74 Å². The molecule has 1 aliphatic carbocycles. The zero-order valence-electron chi connectivity index (χ0n) is 20.1. The molecular weight excluding hydrogens is 492 g/mol. The van der Waals surface area contributed by atoms with E-state index in [1.807, 2.05) is 35.2 Å². The minimum atomic E-state index is -0.374. The van der Waals surface area contributed by atoms with Crippen molar-refractivity contribution in [2.24, 2.45) is 0 Å². The van der Waals surface area contributed by atoms with E-state index in [0.717, 1.165) is 41.7 Å². The molecule has 6 nitrogen and oxygen atoms in total. The molecule has 2 heterocycles. The lowest BCUT2D eigenvalue weighted by Crippen LogP contribution is -2.30. The van der Waals surface area contributed by atoms with Gasteiger partial charge in [0.2, 0.25) is 5.91 Å². The molecule has 2 aliphatic rings. The zero-order chi connectivity index (χ0) is 25.1. The topological polar surface area (TPSA) is 75.7 Å². The molecule has 1 atom stereocenters. The van der Waals surface area contributed by atoms with Crippen LogP contribution < -0.4 is 5.32 Å². The summed E-state index contributed by atoms with van der Waals surface area (Å²) >= 11 is 3.09. The smallest absolute Gasteiger partial charge is 0.341 e. The second kappa shape index (κ2) is 10.9. The van der Waals surface area contributed by atoms with E-state index in [-0.39, 0.29) is 23.2 Å². The van der Waals surface area contributed by atoms with Gasteiger partial charge in [-0.25, -0.2) is 4.79 Å². The molecule has 0 saturated carbocycles. The lowest BCUT2D eigenvalue weighted by molar-refractivity contribution is -0.128. The molecular formula is C28H28N2O4S2. The first-order valence-corrected chi connectivity index (χ1v) is 14.1. The Balaban J connectivity index is 1.28. The number of hydrogen-bond acceptors (Lipinski definition) is 6. The molecule has 2 aromatic carbocycles. The zero-order valence-corrected chi connectivity index (χ0v) is 21.8. The number of thiophene rings is 1. The maximum Gasteiger partial charge on any atom is 0.341 e. The van der Waals surface area contributed by atoms with Crippen LogP contribution in [0.2, 0.25) is 0 Å². The van der Waals surface area contributed by atoms with E-state index in [1.54, 1.807) is 30.8 Å². The fraction of sp³-hybridized carbons (Fsp3) is 0.321. The van der Waals surface area contributed by atoms with Crippen molar-refractivity contribution in [2.45, 2.75) is 38.0 Å². The van der Waals surface area contributed by atoms with E-state index in [1.165, 1.54) is 16.9 Å². The average Bonchev–Trinajstić information content (AvgIpc) is 3.58. The van der Waals surface area contributed by atoms with Gasteiger partial charge in [0.15, 0.2) is 0 Å². The first-order chi connectivity index (χ1) is 17.5. The van der Waals surface area contributed by atoms with Gasteiger partial charge in [-0.2, -0.15) is 0 Å². The lowest BCUT2D eigenvalue weighted by Gasteiger charge is -2.24. The van der Waals surface area contributed by atoms with Crippen LogP contribution in [0.15, 0.2) is 54.6 Å².